The normalized spacial score (nSPS) is 23.5. The molecule has 1 aliphatic carbocycles. The Morgan fingerprint density at radius 2 is 1.89 bits per heavy atom. The van der Waals surface area contributed by atoms with Gasteiger partial charge in [-0.1, -0.05) is 6.07 Å². The van der Waals surface area contributed by atoms with Crippen LogP contribution in [-0.2, 0) is 0 Å². The van der Waals surface area contributed by atoms with Crippen LogP contribution in [-0.4, -0.2) is 59.2 Å². The minimum Gasteiger partial charge on any atom is -0.493 e. The summed E-state index contributed by atoms with van der Waals surface area (Å²) in [5.41, 5.74) is 1.63. The number of guanidine groups is 2. The van der Waals surface area contributed by atoms with Gasteiger partial charge >= 0.3 is 6.03 Å². The zero-order chi connectivity index (χ0) is 24.9. The minimum absolute atomic E-state index is 0.0908. The molecule has 1 unspecified atom stereocenters. The number of aryl methyl sites for hydroxylation is 1. The van der Waals surface area contributed by atoms with E-state index in [-0.39, 0.29) is 30.1 Å². The standard InChI is InChI=1S/C24H24F3N5O3/c1-12-3-4-16(35-11-13-5-15(33)6-13)9-19(12)29-22-30-24(34)31(2)23-28-10-20(32(22)23)14-7-17(25)21(27)18(26)8-14/h3-4,7-9,13,15,20,33H,5-6,10-11H2,1-2H3,(H,29,30,34)/t13-,15-,20?. The molecule has 2 heterocycles. The summed E-state index contributed by atoms with van der Waals surface area (Å²) in [5, 5.41) is 12.6. The Morgan fingerprint density at radius 1 is 1.17 bits per heavy atom. The van der Waals surface area contributed by atoms with Gasteiger partial charge in [0, 0.05) is 18.8 Å². The summed E-state index contributed by atoms with van der Waals surface area (Å²) in [5.74, 6) is -2.86. The lowest BCUT2D eigenvalue weighted by atomic mass is 9.83. The van der Waals surface area contributed by atoms with Gasteiger partial charge in [0.1, 0.15) is 5.75 Å². The predicted molar refractivity (Wildman–Crippen MR) is 123 cm³/mol. The smallest absolute Gasteiger partial charge is 0.353 e. The number of fused-ring (bicyclic) bond motifs is 1. The summed E-state index contributed by atoms with van der Waals surface area (Å²) in [6.45, 7) is 2.44. The first-order valence-corrected chi connectivity index (χ1v) is 11.2. The molecule has 0 saturated heterocycles. The third-order valence-corrected chi connectivity index (χ3v) is 6.49. The number of aliphatic hydroxyl groups excluding tert-OH is 1. The van der Waals surface area contributed by atoms with Crippen LogP contribution in [0.25, 0.3) is 0 Å². The van der Waals surface area contributed by atoms with Gasteiger partial charge < -0.3 is 15.2 Å². The van der Waals surface area contributed by atoms with Gasteiger partial charge in [0.05, 0.1) is 25.3 Å². The highest BCUT2D eigenvalue weighted by molar-refractivity contribution is 6.17. The highest BCUT2D eigenvalue weighted by atomic mass is 19.2. The van der Waals surface area contributed by atoms with E-state index in [0.717, 1.165) is 17.7 Å². The van der Waals surface area contributed by atoms with Gasteiger partial charge in [-0.3, -0.25) is 9.80 Å². The van der Waals surface area contributed by atoms with Crippen LogP contribution in [0.3, 0.4) is 0 Å². The molecule has 0 bridgehead atoms. The SMILES string of the molecule is Cc1ccc(OC[C@H]2C[C@H](O)C2)cc1NC1=NC(=O)N(C)C2=NCC(c3cc(F)c(F)c(F)c3)N12. The molecule has 35 heavy (non-hydrogen) atoms. The van der Waals surface area contributed by atoms with Crippen LogP contribution in [0.2, 0.25) is 0 Å². The number of nitrogens with zero attached hydrogens (tertiary/aromatic N) is 4. The number of ether oxygens (including phenoxy) is 1. The number of rotatable bonds is 5. The van der Waals surface area contributed by atoms with Crippen LogP contribution in [0.1, 0.15) is 30.0 Å². The Labute approximate surface area is 199 Å². The molecular formula is C24H24F3N5O3. The third kappa shape index (κ3) is 4.31. The lowest BCUT2D eigenvalue weighted by molar-refractivity contribution is 0.0203. The molecule has 2 aromatic rings. The van der Waals surface area contributed by atoms with E-state index in [1.165, 1.54) is 11.9 Å². The van der Waals surface area contributed by atoms with Gasteiger partial charge in [-0.15, -0.1) is 0 Å². The van der Waals surface area contributed by atoms with E-state index in [4.69, 9.17) is 4.74 Å². The van der Waals surface area contributed by atoms with Crippen molar-refractivity contribution in [2.24, 2.45) is 15.9 Å². The highest BCUT2D eigenvalue weighted by Gasteiger charge is 2.41. The molecule has 11 heteroatoms. The molecule has 2 aliphatic heterocycles. The molecule has 3 aliphatic rings. The molecule has 184 valence electrons. The molecule has 1 atom stereocenters. The second-order valence-electron chi connectivity index (χ2n) is 9.01. The number of amides is 2. The summed E-state index contributed by atoms with van der Waals surface area (Å²) in [6, 6.07) is 6.03. The Balaban J connectivity index is 1.42. The van der Waals surface area contributed by atoms with Gasteiger partial charge in [0.2, 0.25) is 11.9 Å². The fourth-order valence-corrected chi connectivity index (χ4v) is 4.39. The number of aliphatic hydroxyl groups is 1. The maximum Gasteiger partial charge on any atom is 0.353 e. The molecular weight excluding hydrogens is 463 g/mol. The summed E-state index contributed by atoms with van der Waals surface area (Å²) in [4.78, 5) is 23.8. The summed E-state index contributed by atoms with van der Waals surface area (Å²) in [6.07, 6.45) is 1.17. The Hall–Kier alpha value is -3.60. The zero-order valence-corrected chi connectivity index (χ0v) is 19.1. The van der Waals surface area contributed by atoms with Crippen LogP contribution >= 0.6 is 0 Å². The number of hydrogen-bond acceptors (Lipinski definition) is 6. The van der Waals surface area contributed by atoms with Crippen LogP contribution in [0.4, 0.5) is 23.7 Å². The van der Waals surface area contributed by atoms with Crippen LogP contribution < -0.4 is 10.1 Å². The number of aliphatic imine (C=N–C) groups is 2. The van der Waals surface area contributed by atoms with E-state index in [0.29, 0.717) is 36.8 Å². The van der Waals surface area contributed by atoms with Crippen molar-refractivity contribution < 1.29 is 27.8 Å². The van der Waals surface area contributed by atoms with Crippen molar-refractivity contribution in [3.05, 3.63) is 58.9 Å². The maximum absolute atomic E-state index is 14.0. The zero-order valence-electron chi connectivity index (χ0n) is 19.1. The highest BCUT2D eigenvalue weighted by Crippen LogP contribution is 2.33. The van der Waals surface area contributed by atoms with Crippen molar-refractivity contribution in [1.82, 2.24) is 9.80 Å². The summed E-state index contributed by atoms with van der Waals surface area (Å²) >= 11 is 0. The van der Waals surface area contributed by atoms with Crippen LogP contribution in [0.15, 0.2) is 40.3 Å². The molecule has 1 saturated carbocycles. The largest absolute Gasteiger partial charge is 0.493 e. The number of anilines is 1. The van der Waals surface area contributed by atoms with Gasteiger partial charge in [-0.2, -0.15) is 4.99 Å². The number of benzene rings is 2. The lowest BCUT2D eigenvalue weighted by Crippen LogP contribution is -2.53. The second-order valence-corrected chi connectivity index (χ2v) is 9.01. The number of halogens is 3. The number of carbonyl (C=O) groups is 1. The fourth-order valence-electron chi connectivity index (χ4n) is 4.39. The monoisotopic (exact) mass is 487 g/mol. The number of hydrogen-bond donors (Lipinski definition) is 2. The number of urea groups is 1. The average Bonchev–Trinajstić information content (AvgIpc) is 3.25. The summed E-state index contributed by atoms with van der Waals surface area (Å²) in [7, 11) is 1.50. The molecule has 0 spiro atoms. The van der Waals surface area contributed by atoms with Gasteiger partial charge in [-0.25, -0.2) is 23.0 Å². The first kappa shape index (κ1) is 23.2. The second kappa shape index (κ2) is 8.88. The van der Waals surface area contributed by atoms with E-state index in [9.17, 15) is 23.1 Å². The molecule has 8 nitrogen and oxygen atoms in total. The Kier molecular flexibility index (Phi) is 5.87. The van der Waals surface area contributed by atoms with Crippen molar-refractivity contribution in [3.8, 4) is 5.75 Å². The fraction of sp³-hybridized carbons (Fsp3) is 0.375. The predicted octanol–water partition coefficient (Wildman–Crippen LogP) is 3.81. The van der Waals surface area contributed by atoms with Crippen LogP contribution in [0, 0.1) is 30.3 Å². The quantitative estimate of drug-likeness (QED) is 0.627. The van der Waals surface area contributed by atoms with E-state index in [1.807, 2.05) is 19.1 Å². The van der Waals surface area contributed by atoms with Crippen LogP contribution in [0.5, 0.6) is 5.75 Å². The molecule has 0 aromatic heterocycles. The Morgan fingerprint density at radius 3 is 2.57 bits per heavy atom. The minimum atomic E-state index is -1.55. The molecule has 1 fully saturated rings. The van der Waals surface area contributed by atoms with E-state index >= 15 is 0 Å². The van der Waals surface area contributed by atoms with Crippen molar-refractivity contribution >= 4 is 23.6 Å². The molecule has 5 rings (SSSR count). The van der Waals surface area contributed by atoms with Crippen molar-refractivity contribution in [3.63, 3.8) is 0 Å². The topological polar surface area (TPSA) is 89.8 Å². The lowest BCUT2D eigenvalue weighted by Gasteiger charge is -2.35. The van der Waals surface area contributed by atoms with Gasteiger partial charge in [-0.05, 0) is 55.0 Å². The van der Waals surface area contributed by atoms with E-state index in [2.05, 4.69) is 15.3 Å². The molecule has 0 radical (unpaired) electrons. The third-order valence-electron chi connectivity index (χ3n) is 6.49. The van der Waals surface area contributed by atoms with Crippen molar-refractivity contribution in [1.29, 1.82) is 0 Å². The first-order valence-electron chi connectivity index (χ1n) is 11.2. The average molecular weight is 487 g/mol. The maximum atomic E-state index is 14.0. The number of carbonyl (C=O) groups excluding carboxylic acids is 1. The van der Waals surface area contributed by atoms with E-state index < -0.39 is 29.5 Å². The molecule has 2 N–H and O–H groups in total. The molecule has 2 aromatic carbocycles. The van der Waals surface area contributed by atoms with Gasteiger partial charge in [0.15, 0.2) is 17.5 Å². The molecule has 2 amide bonds. The van der Waals surface area contributed by atoms with Gasteiger partial charge in [0.25, 0.3) is 0 Å². The Bertz CT molecular complexity index is 1220. The summed E-state index contributed by atoms with van der Waals surface area (Å²) < 4.78 is 47.4. The van der Waals surface area contributed by atoms with E-state index in [1.54, 1.807) is 11.0 Å². The number of nitrogens with one attached hydrogen (secondary N) is 1. The van der Waals surface area contributed by atoms with Crippen molar-refractivity contribution in [2.75, 3.05) is 25.5 Å². The first-order chi connectivity index (χ1) is 16.7. The van der Waals surface area contributed by atoms with Crippen molar-refractivity contribution in [2.45, 2.75) is 31.9 Å².